The van der Waals surface area contributed by atoms with Gasteiger partial charge in [0.05, 0.1) is 0 Å². The van der Waals surface area contributed by atoms with Gasteiger partial charge in [0.15, 0.2) is 0 Å². The molecule has 100 valence electrons. The number of carbonyl (C=O) groups excluding carboxylic acids is 1. The molecule has 0 saturated carbocycles. The Morgan fingerprint density at radius 3 is 2.94 bits per heavy atom. The second-order valence-corrected chi connectivity index (χ2v) is 5.64. The van der Waals surface area contributed by atoms with Crippen LogP contribution in [-0.4, -0.2) is 44.9 Å². The maximum Gasteiger partial charge on any atom is 0.410 e. The number of carbonyl (C=O) groups is 1. The lowest BCUT2D eigenvalue weighted by Gasteiger charge is -2.33. The van der Waals surface area contributed by atoms with Gasteiger partial charge in [-0.1, -0.05) is 0 Å². The Labute approximate surface area is 107 Å². The molecule has 1 aliphatic heterocycles. The number of aromatic nitrogens is 3. The fraction of sp³-hybridized carbons (Fsp3) is 0.750. The van der Waals surface area contributed by atoms with Gasteiger partial charge in [-0.05, 0) is 33.6 Å². The molecule has 18 heavy (non-hydrogen) atoms. The molecule has 0 unspecified atom stereocenters. The highest BCUT2D eigenvalue weighted by atomic mass is 16.6. The number of aromatic amines is 1. The van der Waals surface area contributed by atoms with Gasteiger partial charge in [0, 0.05) is 19.0 Å². The van der Waals surface area contributed by atoms with Gasteiger partial charge in [-0.2, -0.15) is 5.10 Å². The molecule has 0 radical (unpaired) electrons. The molecule has 1 amide bonds. The third-order valence-electron chi connectivity index (χ3n) is 2.89. The minimum Gasteiger partial charge on any atom is -0.444 e. The summed E-state index contributed by atoms with van der Waals surface area (Å²) < 4.78 is 5.38. The molecule has 1 saturated heterocycles. The molecule has 1 aliphatic rings. The topological polar surface area (TPSA) is 71.1 Å². The summed E-state index contributed by atoms with van der Waals surface area (Å²) in [5.41, 5.74) is -0.448. The first-order valence-corrected chi connectivity index (χ1v) is 6.29. The molecule has 0 aromatic carbocycles. The smallest absolute Gasteiger partial charge is 0.410 e. The van der Waals surface area contributed by atoms with Crippen LogP contribution in [0.1, 0.15) is 45.4 Å². The summed E-state index contributed by atoms with van der Waals surface area (Å²) in [6, 6.07) is 0. The van der Waals surface area contributed by atoms with E-state index < -0.39 is 5.60 Å². The quantitative estimate of drug-likeness (QED) is 0.829. The van der Waals surface area contributed by atoms with E-state index in [-0.39, 0.29) is 12.0 Å². The zero-order valence-electron chi connectivity index (χ0n) is 11.1. The lowest BCUT2D eigenvalue weighted by Crippen LogP contribution is -2.42. The van der Waals surface area contributed by atoms with E-state index >= 15 is 0 Å². The molecule has 1 atom stereocenters. The second-order valence-electron chi connectivity index (χ2n) is 5.64. The van der Waals surface area contributed by atoms with Crippen LogP contribution >= 0.6 is 0 Å². The van der Waals surface area contributed by atoms with E-state index in [1.807, 2.05) is 20.8 Å². The number of amides is 1. The maximum absolute atomic E-state index is 12.0. The van der Waals surface area contributed by atoms with Crippen molar-refractivity contribution in [2.24, 2.45) is 0 Å². The Balaban J connectivity index is 1.96. The van der Waals surface area contributed by atoms with Gasteiger partial charge in [0.25, 0.3) is 0 Å². The molecule has 1 fully saturated rings. The molecule has 6 nitrogen and oxygen atoms in total. The molecule has 1 aromatic heterocycles. The molecule has 0 aliphatic carbocycles. The van der Waals surface area contributed by atoms with Crippen LogP contribution in [0.4, 0.5) is 4.79 Å². The van der Waals surface area contributed by atoms with Gasteiger partial charge in [0.1, 0.15) is 17.8 Å². The largest absolute Gasteiger partial charge is 0.444 e. The van der Waals surface area contributed by atoms with Crippen LogP contribution in [0.3, 0.4) is 0 Å². The van der Waals surface area contributed by atoms with Crippen LogP contribution in [0.15, 0.2) is 6.33 Å². The lowest BCUT2D eigenvalue weighted by atomic mass is 9.98. The Bertz CT molecular complexity index is 397. The van der Waals surface area contributed by atoms with Gasteiger partial charge in [-0.3, -0.25) is 5.10 Å². The highest BCUT2D eigenvalue weighted by Crippen LogP contribution is 2.25. The van der Waals surface area contributed by atoms with Crippen molar-refractivity contribution in [3.8, 4) is 0 Å². The van der Waals surface area contributed by atoms with Crippen molar-refractivity contribution in [3.05, 3.63) is 12.2 Å². The van der Waals surface area contributed by atoms with Crippen molar-refractivity contribution in [1.82, 2.24) is 20.1 Å². The first-order valence-electron chi connectivity index (χ1n) is 6.29. The van der Waals surface area contributed by atoms with Crippen LogP contribution in [0, 0.1) is 0 Å². The molecular formula is C12H20N4O2. The number of hydrogen-bond acceptors (Lipinski definition) is 4. The molecule has 1 N–H and O–H groups in total. The zero-order chi connectivity index (χ0) is 13.2. The Kier molecular flexibility index (Phi) is 3.54. The number of likely N-dealkylation sites (tertiary alicyclic amines) is 1. The number of hydrogen-bond donors (Lipinski definition) is 1. The van der Waals surface area contributed by atoms with E-state index in [4.69, 9.17) is 4.74 Å². The van der Waals surface area contributed by atoms with E-state index in [2.05, 4.69) is 15.2 Å². The molecule has 2 rings (SSSR count). The average Bonchev–Trinajstić information content (AvgIpc) is 2.80. The summed E-state index contributed by atoms with van der Waals surface area (Å²) in [7, 11) is 0. The number of rotatable bonds is 1. The van der Waals surface area contributed by atoms with E-state index in [9.17, 15) is 4.79 Å². The minimum atomic E-state index is -0.448. The van der Waals surface area contributed by atoms with Gasteiger partial charge >= 0.3 is 6.09 Å². The number of nitrogens with zero attached hydrogens (tertiary/aromatic N) is 3. The van der Waals surface area contributed by atoms with Crippen LogP contribution < -0.4 is 0 Å². The summed E-state index contributed by atoms with van der Waals surface area (Å²) >= 11 is 0. The molecule has 2 heterocycles. The first kappa shape index (κ1) is 12.9. The normalized spacial score (nSPS) is 20.8. The fourth-order valence-electron chi connectivity index (χ4n) is 2.10. The van der Waals surface area contributed by atoms with Gasteiger partial charge < -0.3 is 9.64 Å². The average molecular weight is 252 g/mol. The van der Waals surface area contributed by atoms with E-state index in [0.29, 0.717) is 6.54 Å². The second kappa shape index (κ2) is 4.96. The maximum atomic E-state index is 12.0. The van der Waals surface area contributed by atoms with Crippen molar-refractivity contribution < 1.29 is 9.53 Å². The number of nitrogens with one attached hydrogen (secondary N) is 1. The van der Waals surface area contributed by atoms with Gasteiger partial charge in [-0.15, -0.1) is 0 Å². The van der Waals surface area contributed by atoms with Crippen LogP contribution in [0.25, 0.3) is 0 Å². The minimum absolute atomic E-state index is 0.230. The Morgan fingerprint density at radius 2 is 2.33 bits per heavy atom. The predicted octanol–water partition coefficient (Wildman–Crippen LogP) is 1.92. The summed E-state index contributed by atoms with van der Waals surface area (Å²) in [4.78, 5) is 17.9. The molecule has 1 aromatic rings. The molecule has 6 heteroatoms. The van der Waals surface area contributed by atoms with E-state index in [1.165, 1.54) is 6.33 Å². The van der Waals surface area contributed by atoms with Gasteiger partial charge in [-0.25, -0.2) is 9.78 Å². The number of piperidine rings is 1. The van der Waals surface area contributed by atoms with Crippen LogP contribution in [0.5, 0.6) is 0 Å². The SMILES string of the molecule is CC(C)(C)OC(=O)N1CCC[C@@H](c2ncn[nH]2)C1. The number of H-pyrrole nitrogens is 1. The van der Waals surface area contributed by atoms with Gasteiger partial charge in [0.2, 0.25) is 0 Å². The van der Waals surface area contributed by atoms with Crippen LogP contribution in [0.2, 0.25) is 0 Å². The monoisotopic (exact) mass is 252 g/mol. The summed E-state index contributed by atoms with van der Waals surface area (Å²) in [6.45, 7) is 7.03. The summed E-state index contributed by atoms with van der Waals surface area (Å²) in [5.74, 6) is 1.08. The highest BCUT2D eigenvalue weighted by Gasteiger charge is 2.29. The van der Waals surface area contributed by atoms with E-state index in [1.54, 1.807) is 4.90 Å². The zero-order valence-corrected chi connectivity index (χ0v) is 11.1. The lowest BCUT2D eigenvalue weighted by molar-refractivity contribution is 0.0196. The first-order chi connectivity index (χ1) is 8.46. The Hall–Kier alpha value is -1.59. The summed E-state index contributed by atoms with van der Waals surface area (Å²) in [6.07, 6.45) is 3.24. The third kappa shape index (κ3) is 3.21. The van der Waals surface area contributed by atoms with Crippen LogP contribution in [-0.2, 0) is 4.74 Å². The predicted molar refractivity (Wildman–Crippen MR) is 66.2 cm³/mol. The van der Waals surface area contributed by atoms with E-state index in [0.717, 1.165) is 25.2 Å². The fourth-order valence-corrected chi connectivity index (χ4v) is 2.10. The summed E-state index contributed by atoms with van der Waals surface area (Å²) in [5, 5.41) is 6.73. The molecular weight excluding hydrogens is 232 g/mol. The molecule has 0 bridgehead atoms. The van der Waals surface area contributed by atoms with Crippen molar-refractivity contribution in [2.45, 2.75) is 45.1 Å². The van der Waals surface area contributed by atoms with Crippen molar-refractivity contribution in [1.29, 1.82) is 0 Å². The molecule has 0 spiro atoms. The van der Waals surface area contributed by atoms with Crippen molar-refractivity contribution in [2.75, 3.05) is 13.1 Å². The number of ether oxygens (including phenoxy) is 1. The Morgan fingerprint density at radius 1 is 1.56 bits per heavy atom. The van der Waals surface area contributed by atoms with Crippen molar-refractivity contribution >= 4 is 6.09 Å². The van der Waals surface area contributed by atoms with Crippen molar-refractivity contribution in [3.63, 3.8) is 0 Å². The highest BCUT2D eigenvalue weighted by molar-refractivity contribution is 5.68. The third-order valence-corrected chi connectivity index (χ3v) is 2.89. The standard InChI is InChI=1S/C12H20N4O2/c1-12(2,3)18-11(17)16-6-4-5-9(7-16)10-13-8-14-15-10/h8-9H,4-7H2,1-3H3,(H,13,14,15)/t9-/m1/s1.